The van der Waals surface area contributed by atoms with Gasteiger partial charge in [-0.15, -0.1) is 0 Å². The summed E-state index contributed by atoms with van der Waals surface area (Å²) in [5.74, 6) is -1.61. The van der Waals surface area contributed by atoms with E-state index in [0.717, 1.165) is 13.8 Å². The van der Waals surface area contributed by atoms with Crippen LogP contribution in [0.1, 0.15) is 34.6 Å². The van der Waals surface area contributed by atoms with Crippen LogP contribution in [0.5, 0.6) is 0 Å². The van der Waals surface area contributed by atoms with Crippen LogP contribution in [0.25, 0.3) is 0 Å². The molecule has 19 N–H and O–H groups in total. The van der Waals surface area contributed by atoms with Crippen molar-refractivity contribution >= 4 is 11.8 Å². The summed E-state index contributed by atoms with van der Waals surface area (Å²) in [6.45, 7) is 1.96. The Bertz CT molecular complexity index is 2030. The van der Waals surface area contributed by atoms with E-state index in [-0.39, 0.29) is 0 Å². The number of hydrogen-bond acceptors (Lipinski definition) is 33. The second kappa shape index (κ2) is 28.7. The van der Waals surface area contributed by atoms with Crippen LogP contribution in [-0.4, -0.2) is 347 Å². The van der Waals surface area contributed by atoms with Gasteiger partial charge < -0.3 is 164 Å². The van der Waals surface area contributed by atoms with Gasteiger partial charge in [0, 0.05) is 21.0 Å². The summed E-state index contributed by atoms with van der Waals surface area (Å²) >= 11 is 0. The standard InChI is InChI=1S/C47H80N2O33/c1-11-22(56)27(61)31(65)43(70-11)79-37-20(48-14(4)54)41(69-6)75-18(9-52)35(37)77-46-34(68)39(26(60)17(8-51)73-46)81-42-21(49-15(5)55)38(80-44-32(66)28(62)23(57)12(2)71-44)36(19(10-53)76-42)78-47-40(30(64)25(59)16(7-50)74-47)82-45-33(67)29(63)24(58)13(3)72-45/h11-13,16-47,50-53,56-68H,7-10H2,1-6H3,(H,48,54)(H,49,55)/t11?,12?,13?,16-,17-,18?,19?,20?,21?,22+,23+,24+,25-,26-,27?,28-,29?,30?,31?,32?,33?,34?,35+,36+,37?,38?,39?,40?,41+,42-,43-,44-,45-,46-,47-/m0/s1. The highest BCUT2D eigenvalue weighted by atomic mass is 16.8. The van der Waals surface area contributed by atoms with Crippen LogP contribution in [0.3, 0.4) is 0 Å². The molecule has 0 saturated carbocycles. The molecule has 0 aromatic heterocycles. The average Bonchev–Trinajstić information content (AvgIpc) is 3.46. The third-order valence-corrected chi connectivity index (χ3v) is 15.4. The quantitative estimate of drug-likeness (QED) is 0.0571. The number of rotatable bonds is 19. The van der Waals surface area contributed by atoms with Crippen molar-refractivity contribution in [2.75, 3.05) is 33.5 Å². The predicted octanol–water partition coefficient (Wildman–Crippen LogP) is -12.3. The normalized spacial score (nSPS) is 51.3. The lowest BCUT2D eigenvalue weighted by Crippen LogP contribution is -2.72. The van der Waals surface area contributed by atoms with E-state index in [1.54, 1.807) is 0 Å². The van der Waals surface area contributed by atoms with Gasteiger partial charge in [0.05, 0.1) is 44.7 Å². The zero-order valence-electron chi connectivity index (χ0n) is 45.2. The average molecular weight is 1200 g/mol. The third-order valence-electron chi connectivity index (χ3n) is 15.4. The Morgan fingerprint density at radius 1 is 0.329 bits per heavy atom. The lowest BCUT2D eigenvalue weighted by atomic mass is 9.93. The van der Waals surface area contributed by atoms with E-state index in [4.69, 9.17) is 66.3 Å². The highest BCUT2D eigenvalue weighted by Gasteiger charge is 2.60. The van der Waals surface area contributed by atoms with Crippen LogP contribution < -0.4 is 10.6 Å². The van der Waals surface area contributed by atoms with Crippen LogP contribution in [0.2, 0.25) is 0 Å². The second-order valence-corrected chi connectivity index (χ2v) is 21.2. The van der Waals surface area contributed by atoms with E-state index >= 15 is 0 Å². The monoisotopic (exact) mass is 1200 g/mol. The molecule has 35 nitrogen and oxygen atoms in total. The number of aliphatic hydroxyl groups excluding tert-OH is 17. The zero-order chi connectivity index (χ0) is 60.5. The topological polar surface area (TPSA) is 531 Å². The van der Waals surface area contributed by atoms with Crippen molar-refractivity contribution in [1.82, 2.24) is 10.6 Å². The van der Waals surface area contributed by atoms with Gasteiger partial charge in [0.1, 0.15) is 152 Å². The lowest BCUT2D eigenvalue weighted by Gasteiger charge is -2.52. The summed E-state index contributed by atoms with van der Waals surface area (Å²) in [7, 11) is 1.17. The number of aliphatic hydroxyl groups is 17. The van der Waals surface area contributed by atoms with Gasteiger partial charge in [-0.2, -0.15) is 0 Å². The Hall–Kier alpha value is -2.30. The molecule has 7 saturated heterocycles. The number of carbonyl (C=O) groups is 2. The molecule has 0 aliphatic carbocycles. The first-order valence-corrected chi connectivity index (χ1v) is 26.6. The van der Waals surface area contributed by atoms with Gasteiger partial charge in [-0.1, -0.05) is 0 Å². The van der Waals surface area contributed by atoms with Gasteiger partial charge in [-0.05, 0) is 20.8 Å². The molecule has 7 fully saturated rings. The molecule has 7 rings (SSSR count). The molecule has 7 aliphatic rings. The van der Waals surface area contributed by atoms with Gasteiger partial charge in [0.15, 0.2) is 44.0 Å². The fraction of sp³-hybridized carbons (Fsp3) is 0.957. The molecular weight excluding hydrogens is 1120 g/mol. The number of nitrogens with one attached hydrogen (secondary N) is 2. The second-order valence-electron chi connectivity index (χ2n) is 21.2. The molecule has 2 amide bonds. The molecular formula is C47H80N2O33. The maximum Gasteiger partial charge on any atom is 0.217 e. The zero-order valence-corrected chi connectivity index (χ0v) is 45.2. The van der Waals surface area contributed by atoms with E-state index in [1.807, 2.05) is 0 Å². The summed E-state index contributed by atoms with van der Waals surface area (Å²) in [5, 5.41) is 191. The van der Waals surface area contributed by atoms with Crippen LogP contribution in [0.4, 0.5) is 0 Å². The van der Waals surface area contributed by atoms with Crippen molar-refractivity contribution in [3.05, 3.63) is 0 Å². The highest BCUT2D eigenvalue weighted by Crippen LogP contribution is 2.39. The van der Waals surface area contributed by atoms with E-state index in [9.17, 15) is 96.4 Å². The number of amides is 2. The largest absolute Gasteiger partial charge is 0.394 e. The third kappa shape index (κ3) is 14.2. The summed E-state index contributed by atoms with van der Waals surface area (Å²) < 4.78 is 83.5. The summed E-state index contributed by atoms with van der Waals surface area (Å²) in [6, 6.07) is -3.33. The first kappa shape index (κ1) is 67.2. The van der Waals surface area contributed by atoms with E-state index < -0.39 is 253 Å². The Labute approximate surface area is 467 Å². The smallest absolute Gasteiger partial charge is 0.217 e. The van der Waals surface area contributed by atoms with Crippen LogP contribution >= 0.6 is 0 Å². The van der Waals surface area contributed by atoms with Crippen molar-refractivity contribution in [3.8, 4) is 0 Å². The first-order chi connectivity index (χ1) is 38.7. The summed E-state index contributed by atoms with van der Waals surface area (Å²) in [5.41, 5.74) is 0. The van der Waals surface area contributed by atoms with E-state index in [0.29, 0.717) is 0 Å². The fourth-order valence-electron chi connectivity index (χ4n) is 10.8. The van der Waals surface area contributed by atoms with Crippen LogP contribution in [0, 0.1) is 0 Å². The van der Waals surface area contributed by atoms with Crippen molar-refractivity contribution in [2.24, 2.45) is 0 Å². The number of methoxy groups -OCH3 is 1. The molecule has 0 aromatic rings. The fourth-order valence-corrected chi connectivity index (χ4v) is 10.8. The minimum atomic E-state index is -2.27. The molecule has 35 heteroatoms. The van der Waals surface area contributed by atoms with E-state index in [2.05, 4.69) is 10.6 Å². The minimum absolute atomic E-state index is 0.702. The molecule has 7 aliphatic heterocycles. The summed E-state index contributed by atoms with van der Waals surface area (Å²) in [6.07, 6.45) is -60.5. The molecule has 476 valence electrons. The Morgan fingerprint density at radius 3 is 1.05 bits per heavy atom. The Kier molecular flexibility index (Phi) is 23.5. The minimum Gasteiger partial charge on any atom is -0.394 e. The maximum atomic E-state index is 13.3. The van der Waals surface area contributed by atoms with Crippen LogP contribution in [-0.2, 0) is 75.9 Å². The van der Waals surface area contributed by atoms with Gasteiger partial charge in [0.2, 0.25) is 11.8 Å². The van der Waals surface area contributed by atoms with Gasteiger partial charge in [-0.25, -0.2) is 0 Å². The van der Waals surface area contributed by atoms with Gasteiger partial charge in [-0.3, -0.25) is 9.59 Å². The summed E-state index contributed by atoms with van der Waals surface area (Å²) in [4.78, 5) is 26.0. The molecule has 0 bridgehead atoms. The molecule has 0 spiro atoms. The van der Waals surface area contributed by atoms with E-state index in [1.165, 1.54) is 27.9 Å². The number of hydrogen-bond donors (Lipinski definition) is 19. The number of carbonyl (C=O) groups excluding carboxylic acids is 2. The lowest BCUT2D eigenvalue weighted by molar-refractivity contribution is -0.402. The highest BCUT2D eigenvalue weighted by molar-refractivity contribution is 5.73. The molecule has 7 heterocycles. The van der Waals surface area contributed by atoms with Crippen molar-refractivity contribution in [3.63, 3.8) is 0 Å². The Balaban J connectivity index is 1.25. The molecule has 35 atom stereocenters. The molecule has 0 aromatic carbocycles. The number of ether oxygens (including phenoxy) is 14. The van der Waals surface area contributed by atoms with Crippen molar-refractivity contribution in [2.45, 2.75) is 249 Å². The SMILES string of the molecule is CO[C@@H]1OC(CO)[C@@H](O[C@@H]2O[C@@H](CO)[C@H](O)C(O[C@@H]3OC(CO)[C@@H](O[C@@H]4O[C@@H](CO)[C@H](O)C(O)C4O[C@@H]4OC(C)[C@@H](O)C(O)C4O)C(O[C@@H]4OC(C)[C@@H](O)[C@H](O)C4O)C3NC(C)=O)C2O)C(O[C@@H]2OC(C)[C@@H](O)C(O)C2O)C1NC(C)=O. The van der Waals surface area contributed by atoms with Crippen LogP contribution in [0.15, 0.2) is 0 Å². The molecule has 18 unspecified atom stereocenters. The van der Waals surface area contributed by atoms with Crippen molar-refractivity contribution < 1.29 is 163 Å². The predicted molar refractivity (Wildman–Crippen MR) is 256 cm³/mol. The molecule has 0 radical (unpaired) electrons. The Morgan fingerprint density at radius 2 is 0.646 bits per heavy atom. The van der Waals surface area contributed by atoms with Gasteiger partial charge >= 0.3 is 0 Å². The van der Waals surface area contributed by atoms with Gasteiger partial charge in [0.25, 0.3) is 0 Å². The van der Waals surface area contributed by atoms with Crippen molar-refractivity contribution in [1.29, 1.82) is 0 Å². The molecule has 82 heavy (non-hydrogen) atoms. The maximum absolute atomic E-state index is 13.3. The first-order valence-electron chi connectivity index (χ1n) is 26.6.